The van der Waals surface area contributed by atoms with E-state index in [0.717, 1.165) is 25.7 Å². The second-order valence-electron chi connectivity index (χ2n) is 7.40. The molecular weight excluding hydrogens is 342 g/mol. The minimum absolute atomic E-state index is 0.00916. The Morgan fingerprint density at radius 3 is 2.54 bits per heavy atom. The highest BCUT2D eigenvalue weighted by Gasteiger charge is 2.39. The van der Waals surface area contributed by atoms with Crippen LogP contribution in [0.5, 0.6) is 0 Å². The maximum Gasteiger partial charge on any atom is 0.239 e. The Bertz CT molecular complexity index is 802. The van der Waals surface area contributed by atoms with Gasteiger partial charge >= 0.3 is 0 Å². The van der Waals surface area contributed by atoms with E-state index in [0.29, 0.717) is 16.7 Å². The van der Waals surface area contributed by atoms with Crippen molar-refractivity contribution in [3.05, 3.63) is 34.4 Å². The Morgan fingerprint density at radius 1 is 1.12 bits per heavy atom. The standard InChI is InChI=1S/C19H20F2N2O3/c20-14-7-11-8-23(19(26)12-5-6-15(24)22-18(12)25)9-13(11)16(17(14)21)10-3-1-2-4-10/h7,10,12H,1-6,8-9H2,(H,22,24,25). The van der Waals surface area contributed by atoms with Crippen molar-refractivity contribution in [2.24, 2.45) is 5.92 Å². The molecule has 1 saturated carbocycles. The number of rotatable bonds is 2. The highest BCUT2D eigenvalue weighted by molar-refractivity contribution is 6.08. The van der Waals surface area contributed by atoms with Gasteiger partial charge in [0.2, 0.25) is 17.7 Å². The first-order chi connectivity index (χ1) is 12.5. The first kappa shape index (κ1) is 17.1. The fourth-order valence-electron chi connectivity index (χ4n) is 4.46. The van der Waals surface area contributed by atoms with E-state index in [4.69, 9.17) is 0 Å². The summed E-state index contributed by atoms with van der Waals surface area (Å²) < 4.78 is 28.6. The Hall–Kier alpha value is -2.31. The lowest BCUT2D eigenvalue weighted by Gasteiger charge is -2.25. The molecule has 4 rings (SSSR count). The molecule has 138 valence electrons. The zero-order chi connectivity index (χ0) is 18.4. The van der Waals surface area contributed by atoms with Gasteiger partial charge in [0.15, 0.2) is 11.6 Å². The average molecular weight is 362 g/mol. The van der Waals surface area contributed by atoms with Crippen LogP contribution in [0.25, 0.3) is 0 Å². The molecule has 7 heteroatoms. The van der Waals surface area contributed by atoms with E-state index in [1.54, 1.807) is 0 Å². The molecule has 0 radical (unpaired) electrons. The molecule has 1 aromatic rings. The molecule has 26 heavy (non-hydrogen) atoms. The molecule has 0 bridgehead atoms. The number of nitrogens with one attached hydrogen (secondary N) is 1. The lowest BCUT2D eigenvalue weighted by atomic mass is 9.90. The zero-order valence-corrected chi connectivity index (χ0v) is 14.3. The predicted molar refractivity (Wildman–Crippen MR) is 87.7 cm³/mol. The summed E-state index contributed by atoms with van der Waals surface area (Å²) >= 11 is 0. The second kappa shape index (κ2) is 6.45. The Morgan fingerprint density at radius 2 is 1.85 bits per heavy atom. The van der Waals surface area contributed by atoms with Crippen LogP contribution < -0.4 is 5.32 Å². The van der Waals surface area contributed by atoms with Crippen molar-refractivity contribution in [2.75, 3.05) is 0 Å². The number of fused-ring (bicyclic) bond motifs is 1. The number of amides is 3. The summed E-state index contributed by atoms with van der Waals surface area (Å²) in [6, 6.07) is 1.17. The van der Waals surface area contributed by atoms with E-state index in [1.165, 1.54) is 11.0 Å². The van der Waals surface area contributed by atoms with Crippen LogP contribution in [0.3, 0.4) is 0 Å². The van der Waals surface area contributed by atoms with Crippen LogP contribution in [0.4, 0.5) is 8.78 Å². The van der Waals surface area contributed by atoms with Crippen LogP contribution >= 0.6 is 0 Å². The Labute approximate surface area is 149 Å². The highest BCUT2D eigenvalue weighted by atomic mass is 19.2. The van der Waals surface area contributed by atoms with Crippen molar-refractivity contribution in [3.8, 4) is 0 Å². The van der Waals surface area contributed by atoms with Crippen LogP contribution in [0, 0.1) is 17.6 Å². The first-order valence-electron chi connectivity index (χ1n) is 9.08. The largest absolute Gasteiger partial charge is 0.333 e. The summed E-state index contributed by atoms with van der Waals surface area (Å²) in [7, 11) is 0. The van der Waals surface area contributed by atoms with Crippen molar-refractivity contribution in [1.82, 2.24) is 10.2 Å². The smallest absolute Gasteiger partial charge is 0.239 e. The lowest BCUT2D eigenvalue weighted by Crippen LogP contribution is -2.47. The fourth-order valence-corrected chi connectivity index (χ4v) is 4.46. The third kappa shape index (κ3) is 2.79. The third-order valence-electron chi connectivity index (χ3n) is 5.78. The lowest BCUT2D eigenvalue weighted by molar-refractivity contribution is -0.146. The van der Waals surface area contributed by atoms with Gasteiger partial charge in [-0.15, -0.1) is 0 Å². The molecule has 0 aromatic heterocycles. The van der Waals surface area contributed by atoms with Gasteiger partial charge in [0, 0.05) is 19.5 Å². The molecule has 1 atom stereocenters. The van der Waals surface area contributed by atoms with Crippen molar-refractivity contribution in [1.29, 1.82) is 0 Å². The maximum atomic E-state index is 14.5. The third-order valence-corrected chi connectivity index (χ3v) is 5.78. The van der Waals surface area contributed by atoms with Crippen molar-refractivity contribution in [2.45, 2.75) is 57.5 Å². The number of imide groups is 1. The topological polar surface area (TPSA) is 66.5 Å². The number of halogens is 2. The van der Waals surface area contributed by atoms with Crippen LogP contribution in [0.2, 0.25) is 0 Å². The van der Waals surface area contributed by atoms with Gasteiger partial charge in [0.25, 0.3) is 0 Å². The van der Waals surface area contributed by atoms with Crippen LogP contribution in [0.1, 0.15) is 61.1 Å². The molecule has 1 unspecified atom stereocenters. The van der Waals surface area contributed by atoms with Gasteiger partial charge in [-0.2, -0.15) is 0 Å². The normalized spacial score (nSPS) is 23.3. The van der Waals surface area contributed by atoms with Gasteiger partial charge in [-0.25, -0.2) is 8.78 Å². The van der Waals surface area contributed by atoms with Crippen molar-refractivity contribution < 1.29 is 23.2 Å². The van der Waals surface area contributed by atoms with Crippen molar-refractivity contribution in [3.63, 3.8) is 0 Å². The zero-order valence-electron chi connectivity index (χ0n) is 14.3. The summed E-state index contributed by atoms with van der Waals surface area (Å²) in [5.74, 6) is -3.94. The summed E-state index contributed by atoms with van der Waals surface area (Å²) in [6.45, 7) is 0.359. The molecule has 3 amide bonds. The Balaban J connectivity index is 1.61. The highest BCUT2D eigenvalue weighted by Crippen LogP contribution is 2.41. The Kier molecular flexibility index (Phi) is 4.25. The van der Waals surface area contributed by atoms with E-state index < -0.39 is 23.5 Å². The molecule has 1 aromatic carbocycles. The fraction of sp³-hybridized carbons (Fsp3) is 0.526. The minimum Gasteiger partial charge on any atom is -0.333 e. The molecule has 3 aliphatic rings. The average Bonchev–Trinajstić information content (AvgIpc) is 3.25. The van der Waals surface area contributed by atoms with Gasteiger partial charge in [0.05, 0.1) is 0 Å². The molecule has 2 fully saturated rings. The minimum atomic E-state index is -0.911. The molecule has 5 nitrogen and oxygen atoms in total. The summed E-state index contributed by atoms with van der Waals surface area (Å²) in [5, 5.41) is 2.18. The van der Waals surface area contributed by atoms with Gasteiger partial charge in [-0.3, -0.25) is 19.7 Å². The van der Waals surface area contributed by atoms with Crippen LogP contribution in [0.15, 0.2) is 6.07 Å². The molecule has 2 aliphatic heterocycles. The molecule has 1 saturated heterocycles. The SMILES string of the molecule is O=C1CCC(C(=O)N2Cc3cc(F)c(F)c(C4CCCC4)c3C2)C(=O)N1. The van der Waals surface area contributed by atoms with E-state index in [1.807, 2.05) is 0 Å². The number of benzene rings is 1. The van der Waals surface area contributed by atoms with E-state index in [9.17, 15) is 23.2 Å². The van der Waals surface area contributed by atoms with E-state index in [-0.39, 0.29) is 43.7 Å². The first-order valence-corrected chi connectivity index (χ1v) is 9.08. The van der Waals surface area contributed by atoms with Gasteiger partial charge in [0.1, 0.15) is 5.92 Å². The predicted octanol–water partition coefficient (Wildman–Crippen LogP) is 2.52. The monoisotopic (exact) mass is 362 g/mol. The van der Waals surface area contributed by atoms with Crippen molar-refractivity contribution >= 4 is 17.7 Å². The van der Waals surface area contributed by atoms with E-state index >= 15 is 0 Å². The van der Waals surface area contributed by atoms with Gasteiger partial charge in [-0.05, 0) is 47.9 Å². The number of carbonyl (C=O) groups excluding carboxylic acids is 3. The number of piperidine rings is 1. The second-order valence-corrected chi connectivity index (χ2v) is 7.40. The number of hydrogen-bond acceptors (Lipinski definition) is 3. The summed E-state index contributed by atoms with van der Waals surface area (Å²) in [4.78, 5) is 37.5. The molecule has 2 heterocycles. The van der Waals surface area contributed by atoms with Gasteiger partial charge in [-0.1, -0.05) is 12.8 Å². The van der Waals surface area contributed by atoms with Crippen LogP contribution in [-0.2, 0) is 27.5 Å². The van der Waals surface area contributed by atoms with E-state index in [2.05, 4.69) is 5.32 Å². The van der Waals surface area contributed by atoms with Crippen LogP contribution in [-0.4, -0.2) is 22.6 Å². The molecule has 0 spiro atoms. The molecular formula is C19H20F2N2O3. The number of hydrogen-bond donors (Lipinski definition) is 1. The maximum absolute atomic E-state index is 14.5. The molecule has 1 aliphatic carbocycles. The number of carbonyl (C=O) groups is 3. The summed E-state index contributed by atoms with van der Waals surface area (Å²) in [5.41, 5.74) is 1.72. The molecule has 1 N–H and O–H groups in total. The quantitative estimate of drug-likeness (QED) is 0.649. The van der Waals surface area contributed by atoms with Gasteiger partial charge < -0.3 is 4.90 Å². The number of nitrogens with zero attached hydrogens (tertiary/aromatic N) is 1. The summed E-state index contributed by atoms with van der Waals surface area (Å²) in [6.07, 6.45) is 3.94.